The number of pyridine rings is 1. The lowest BCUT2D eigenvalue weighted by molar-refractivity contribution is -0.385. The van der Waals surface area contributed by atoms with Crippen LogP contribution in [0.5, 0.6) is 11.6 Å². The van der Waals surface area contributed by atoms with Gasteiger partial charge in [0.25, 0.3) is 0 Å². The number of aromatic nitrogens is 1. The van der Waals surface area contributed by atoms with E-state index in [1.54, 1.807) is 61.5 Å². The predicted molar refractivity (Wildman–Crippen MR) is 129 cm³/mol. The molecule has 0 amide bonds. The molecule has 0 N–H and O–H groups in total. The Hall–Kier alpha value is -4.27. The summed E-state index contributed by atoms with van der Waals surface area (Å²) in [4.78, 5) is 42.0. The van der Waals surface area contributed by atoms with Gasteiger partial charge in [0.1, 0.15) is 11.4 Å². The van der Waals surface area contributed by atoms with Crippen LogP contribution in [-0.4, -0.2) is 41.4 Å². The molecule has 9 heteroatoms. The van der Waals surface area contributed by atoms with Crippen LogP contribution in [-0.2, 0) is 9.53 Å². The van der Waals surface area contributed by atoms with Crippen LogP contribution >= 0.6 is 0 Å². The van der Waals surface area contributed by atoms with Gasteiger partial charge >= 0.3 is 17.5 Å². The highest BCUT2D eigenvalue weighted by Gasteiger charge is 2.32. The van der Waals surface area contributed by atoms with Crippen molar-refractivity contribution in [3.8, 4) is 11.6 Å². The van der Waals surface area contributed by atoms with E-state index in [1.807, 2.05) is 11.0 Å². The average molecular weight is 476 g/mol. The minimum absolute atomic E-state index is 0.130. The summed E-state index contributed by atoms with van der Waals surface area (Å²) in [6.07, 6.45) is 2.55. The van der Waals surface area contributed by atoms with Crippen LogP contribution in [0.2, 0.25) is 0 Å². The summed E-state index contributed by atoms with van der Waals surface area (Å²) in [6, 6.07) is 16.9. The molecule has 1 fully saturated rings. The van der Waals surface area contributed by atoms with Crippen LogP contribution in [0.1, 0.15) is 35.7 Å². The molecule has 4 rings (SSSR count). The van der Waals surface area contributed by atoms with Gasteiger partial charge in [-0.05, 0) is 50.1 Å². The molecule has 0 radical (unpaired) electrons. The Morgan fingerprint density at radius 2 is 1.69 bits per heavy atom. The highest BCUT2D eigenvalue weighted by Crippen LogP contribution is 2.39. The maximum atomic E-state index is 12.6. The molecule has 35 heavy (non-hydrogen) atoms. The Labute approximate surface area is 202 Å². The van der Waals surface area contributed by atoms with Crippen molar-refractivity contribution in [2.24, 2.45) is 5.92 Å². The van der Waals surface area contributed by atoms with Gasteiger partial charge in [-0.3, -0.25) is 19.7 Å². The Bertz CT molecular complexity index is 1210. The second-order valence-electron chi connectivity index (χ2n) is 8.08. The predicted octanol–water partition coefficient (Wildman–Crippen LogP) is 4.79. The van der Waals surface area contributed by atoms with Crippen molar-refractivity contribution < 1.29 is 24.0 Å². The van der Waals surface area contributed by atoms with Crippen LogP contribution in [0.4, 0.5) is 11.4 Å². The van der Waals surface area contributed by atoms with Gasteiger partial charge in [-0.1, -0.05) is 30.3 Å². The number of hydrogen-bond acceptors (Lipinski definition) is 8. The van der Waals surface area contributed by atoms with Crippen LogP contribution in [0.15, 0.2) is 66.9 Å². The van der Waals surface area contributed by atoms with Crippen molar-refractivity contribution >= 4 is 23.1 Å². The van der Waals surface area contributed by atoms with Gasteiger partial charge < -0.3 is 14.4 Å². The first kappa shape index (κ1) is 23.9. The highest BCUT2D eigenvalue weighted by atomic mass is 16.6. The minimum atomic E-state index is -0.512. The zero-order chi connectivity index (χ0) is 24.8. The van der Waals surface area contributed by atoms with Crippen molar-refractivity contribution in [3.05, 3.63) is 88.1 Å². The topological polar surface area (TPSA) is 112 Å². The Balaban J connectivity index is 1.51. The number of nitrogens with zero attached hydrogens (tertiary/aromatic N) is 3. The molecule has 0 atom stereocenters. The molecular weight excluding hydrogens is 450 g/mol. The lowest BCUT2D eigenvalue weighted by Crippen LogP contribution is -2.37. The summed E-state index contributed by atoms with van der Waals surface area (Å²) < 4.78 is 10.9. The Morgan fingerprint density at radius 1 is 1.03 bits per heavy atom. The van der Waals surface area contributed by atoms with Gasteiger partial charge in [0.2, 0.25) is 0 Å². The second kappa shape index (κ2) is 10.8. The normalized spacial score (nSPS) is 13.8. The van der Waals surface area contributed by atoms with Crippen LogP contribution < -0.4 is 9.64 Å². The van der Waals surface area contributed by atoms with E-state index in [4.69, 9.17) is 9.47 Å². The molecule has 2 aromatic carbocycles. The number of hydrogen-bond donors (Lipinski definition) is 0. The standard InChI is InChI=1S/C26H25N3O6/c1-2-34-26(31)20-13-16-28(17-14-20)22-12-15-27-25(23(22)29(32)33)35-21-10-8-19(9-11-21)24(30)18-6-4-3-5-7-18/h3-12,15,20H,2,13-14,16-17H2,1H3. The molecule has 180 valence electrons. The minimum Gasteiger partial charge on any atom is -0.466 e. The summed E-state index contributed by atoms with van der Waals surface area (Å²) in [5.41, 5.74) is 1.19. The van der Waals surface area contributed by atoms with E-state index >= 15 is 0 Å². The number of benzene rings is 2. The SMILES string of the molecule is CCOC(=O)C1CCN(c2ccnc(Oc3ccc(C(=O)c4ccccc4)cc3)c2[N+](=O)[O-])CC1. The number of ketones is 1. The molecule has 1 aliphatic heterocycles. The molecule has 9 nitrogen and oxygen atoms in total. The van der Waals surface area contributed by atoms with Crippen molar-refractivity contribution in [1.29, 1.82) is 0 Å². The smallest absolute Gasteiger partial charge is 0.354 e. The third-order valence-corrected chi connectivity index (χ3v) is 5.87. The third-order valence-electron chi connectivity index (χ3n) is 5.87. The van der Waals surface area contributed by atoms with Crippen molar-refractivity contribution in [1.82, 2.24) is 4.98 Å². The van der Waals surface area contributed by atoms with Crippen molar-refractivity contribution in [2.75, 3.05) is 24.6 Å². The van der Waals surface area contributed by atoms with Crippen molar-refractivity contribution in [2.45, 2.75) is 19.8 Å². The lowest BCUT2D eigenvalue weighted by Gasteiger charge is -2.32. The Morgan fingerprint density at radius 3 is 2.31 bits per heavy atom. The van der Waals surface area contributed by atoms with Gasteiger partial charge in [0.05, 0.1) is 17.4 Å². The summed E-state index contributed by atoms with van der Waals surface area (Å²) >= 11 is 0. The average Bonchev–Trinajstić information content (AvgIpc) is 2.89. The van der Waals surface area contributed by atoms with E-state index in [-0.39, 0.29) is 29.2 Å². The molecule has 0 spiro atoms. The largest absolute Gasteiger partial charge is 0.466 e. The number of ether oxygens (including phenoxy) is 2. The summed E-state index contributed by atoms with van der Waals surface area (Å²) in [6.45, 7) is 3.05. The first-order valence-corrected chi connectivity index (χ1v) is 11.4. The van der Waals surface area contributed by atoms with Crippen LogP contribution in [0.25, 0.3) is 0 Å². The molecule has 0 bridgehead atoms. The molecule has 0 unspecified atom stereocenters. The van der Waals surface area contributed by atoms with E-state index in [2.05, 4.69) is 4.98 Å². The number of carbonyl (C=O) groups is 2. The van der Waals surface area contributed by atoms with Gasteiger partial charge in [-0.15, -0.1) is 0 Å². The maximum absolute atomic E-state index is 12.6. The third kappa shape index (κ3) is 5.46. The number of rotatable bonds is 8. The zero-order valence-corrected chi connectivity index (χ0v) is 19.3. The molecule has 0 aliphatic carbocycles. The van der Waals surface area contributed by atoms with Gasteiger partial charge in [-0.2, -0.15) is 0 Å². The first-order chi connectivity index (χ1) is 17.0. The molecule has 0 saturated carbocycles. The second-order valence-corrected chi connectivity index (χ2v) is 8.08. The fraction of sp³-hybridized carbons (Fsp3) is 0.269. The van der Waals surface area contributed by atoms with E-state index < -0.39 is 4.92 Å². The highest BCUT2D eigenvalue weighted by molar-refractivity contribution is 6.09. The Kier molecular flexibility index (Phi) is 7.35. The van der Waals surface area contributed by atoms with Crippen molar-refractivity contribution in [3.63, 3.8) is 0 Å². The fourth-order valence-corrected chi connectivity index (χ4v) is 4.09. The summed E-state index contributed by atoms with van der Waals surface area (Å²) in [7, 11) is 0. The fourth-order valence-electron chi connectivity index (χ4n) is 4.09. The zero-order valence-electron chi connectivity index (χ0n) is 19.3. The number of esters is 1. The maximum Gasteiger partial charge on any atom is 0.354 e. The van der Waals surface area contributed by atoms with E-state index in [0.717, 1.165) is 0 Å². The van der Waals surface area contributed by atoms with Gasteiger partial charge in [-0.25, -0.2) is 4.98 Å². The first-order valence-electron chi connectivity index (χ1n) is 11.4. The number of piperidine rings is 1. The number of carbonyl (C=O) groups excluding carboxylic acids is 2. The number of anilines is 1. The molecule has 1 aromatic heterocycles. The van der Waals surface area contributed by atoms with E-state index in [1.165, 1.54) is 6.20 Å². The van der Waals surface area contributed by atoms with Gasteiger partial charge in [0, 0.05) is 30.4 Å². The molecule has 3 aromatic rings. The molecular formula is C26H25N3O6. The van der Waals surface area contributed by atoms with E-state index in [0.29, 0.717) is 55.1 Å². The quantitative estimate of drug-likeness (QED) is 0.198. The van der Waals surface area contributed by atoms with E-state index in [9.17, 15) is 19.7 Å². The summed E-state index contributed by atoms with van der Waals surface area (Å²) in [5.74, 6) is -0.380. The van der Waals surface area contributed by atoms with Crippen LogP contribution in [0, 0.1) is 16.0 Å². The molecule has 1 saturated heterocycles. The molecule has 2 heterocycles. The van der Waals surface area contributed by atoms with Crippen LogP contribution in [0.3, 0.4) is 0 Å². The summed E-state index contributed by atoms with van der Waals surface area (Å²) in [5, 5.41) is 12.0. The number of nitro groups is 1. The lowest BCUT2D eigenvalue weighted by atomic mass is 9.96. The molecule has 1 aliphatic rings. The monoisotopic (exact) mass is 475 g/mol. The van der Waals surface area contributed by atoms with Gasteiger partial charge in [0.15, 0.2) is 5.78 Å².